The van der Waals surface area contributed by atoms with Crippen LogP contribution in [0.3, 0.4) is 0 Å². The molecule has 4 rings (SSSR count). The molecule has 1 aliphatic heterocycles. The number of carbonyl (C=O) groups is 1. The topological polar surface area (TPSA) is 83.9 Å². The van der Waals surface area contributed by atoms with Crippen LogP contribution in [0.2, 0.25) is 0 Å². The zero-order valence-corrected chi connectivity index (χ0v) is 17.6. The van der Waals surface area contributed by atoms with Crippen molar-refractivity contribution in [2.75, 3.05) is 19.7 Å². The summed E-state index contributed by atoms with van der Waals surface area (Å²) < 4.78 is 2.04. The molecular weight excluding hydrogens is 411 g/mol. The van der Waals surface area contributed by atoms with Gasteiger partial charge in [-0.25, -0.2) is 4.98 Å². The van der Waals surface area contributed by atoms with Gasteiger partial charge in [0, 0.05) is 30.9 Å². The summed E-state index contributed by atoms with van der Waals surface area (Å²) >= 11 is 0. The lowest BCUT2D eigenvalue weighted by molar-refractivity contribution is -0.134. The molecule has 1 aromatic carbocycles. The molecule has 1 atom stereocenters. The highest BCUT2D eigenvalue weighted by molar-refractivity contribution is 5.85. The van der Waals surface area contributed by atoms with Gasteiger partial charge in [0.2, 0.25) is 5.91 Å². The SMILES string of the molecule is Cl.Cl.N[C@@H](CO)C(=O)N1CCC(c2ccccc2)(c2cn3ccccc3n2)CC1. The monoisotopic (exact) mass is 436 g/mol. The number of aliphatic hydroxyl groups excluding tert-OH is 1. The average molecular weight is 437 g/mol. The summed E-state index contributed by atoms with van der Waals surface area (Å²) in [7, 11) is 0. The summed E-state index contributed by atoms with van der Waals surface area (Å²) in [6.45, 7) is 0.857. The molecule has 3 heterocycles. The summed E-state index contributed by atoms with van der Waals surface area (Å²) in [5, 5.41) is 9.19. The van der Waals surface area contributed by atoms with E-state index < -0.39 is 6.04 Å². The molecule has 1 aliphatic rings. The molecule has 0 bridgehead atoms. The number of fused-ring (bicyclic) bond motifs is 1. The Kier molecular flexibility index (Phi) is 7.66. The number of aromatic nitrogens is 2. The number of nitrogens with two attached hydrogens (primary N) is 1. The Labute approximate surface area is 182 Å². The molecule has 8 heteroatoms. The predicted molar refractivity (Wildman–Crippen MR) is 118 cm³/mol. The fourth-order valence-corrected chi connectivity index (χ4v) is 4.04. The van der Waals surface area contributed by atoms with Gasteiger partial charge in [-0.05, 0) is 30.5 Å². The third-order valence-electron chi connectivity index (χ3n) is 5.62. The van der Waals surface area contributed by atoms with Crippen LogP contribution in [0.15, 0.2) is 60.9 Å². The van der Waals surface area contributed by atoms with Gasteiger partial charge in [-0.15, -0.1) is 24.8 Å². The van der Waals surface area contributed by atoms with Crippen LogP contribution in [-0.2, 0) is 10.2 Å². The summed E-state index contributed by atoms with van der Waals surface area (Å²) in [5.41, 5.74) is 8.65. The van der Waals surface area contributed by atoms with Crippen LogP contribution in [0.5, 0.6) is 0 Å². The van der Waals surface area contributed by atoms with Crippen molar-refractivity contribution in [2.24, 2.45) is 5.73 Å². The molecule has 29 heavy (non-hydrogen) atoms. The Balaban J connectivity index is 0.00000150. The number of amides is 1. The van der Waals surface area contributed by atoms with Crippen LogP contribution in [-0.4, -0.2) is 51.0 Å². The summed E-state index contributed by atoms with van der Waals surface area (Å²) in [6.07, 6.45) is 5.64. The minimum atomic E-state index is -0.843. The van der Waals surface area contributed by atoms with Gasteiger partial charge in [0.25, 0.3) is 0 Å². The Morgan fingerprint density at radius 1 is 1.10 bits per heavy atom. The van der Waals surface area contributed by atoms with E-state index in [1.165, 1.54) is 5.56 Å². The van der Waals surface area contributed by atoms with Crippen molar-refractivity contribution >= 4 is 36.4 Å². The molecule has 1 amide bonds. The third kappa shape index (κ3) is 4.26. The maximum atomic E-state index is 12.4. The van der Waals surface area contributed by atoms with Crippen molar-refractivity contribution in [3.05, 3.63) is 72.2 Å². The van der Waals surface area contributed by atoms with E-state index >= 15 is 0 Å². The van der Waals surface area contributed by atoms with E-state index in [-0.39, 0.29) is 42.7 Å². The van der Waals surface area contributed by atoms with Crippen LogP contribution in [0.25, 0.3) is 5.65 Å². The zero-order chi connectivity index (χ0) is 18.9. The van der Waals surface area contributed by atoms with Crippen LogP contribution >= 0.6 is 24.8 Å². The number of likely N-dealkylation sites (tertiary alicyclic amines) is 1. The smallest absolute Gasteiger partial charge is 0.241 e. The zero-order valence-electron chi connectivity index (χ0n) is 16.0. The van der Waals surface area contributed by atoms with Crippen molar-refractivity contribution in [1.29, 1.82) is 0 Å². The second kappa shape index (κ2) is 9.59. The number of pyridine rings is 1. The van der Waals surface area contributed by atoms with E-state index in [9.17, 15) is 9.90 Å². The number of hydrogen-bond donors (Lipinski definition) is 2. The number of halogens is 2. The first-order chi connectivity index (χ1) is 13.1. The molecule has 0 unspecified atom stereocenters. The average Bonchev–Trinajstić information content (AvgIpc) is 3.18. The number of piperidine rings is 1. The number of rotatable bonds is 4. The van der Waals surface area contributed by atoms with Gasteiger partial charge in [0.15, 0.2) is 0 Å². The Hall–Kier alpha value is -2.12. The summed E-state index contributed by atoms with van der Waals surface area (Å²) in [6, 6.07) is 15.5. The summed E-state index contributed by atoms with van der Waals surface area (Å²) in [5.74, 6) is -0.186. The summed E-state index contributed by atoms with van der Waals surface area (Å²) in [4.78, 5) is 19.0. The number of imidazole rings is 1. The minimum absolute atomic E-state index is 0. The largest absolute Gasteiger partial charge is 0.394 e. The van der Waals surface area contributed by atoms with Gasteiger partial charge in [-0.3, -0.25) is 4.79 Å². The molecule has 156 valence electrons. The molecule has 0 spiro atoms. The maximum Gasteiger partial charge on any atom is 0.241 e. The predicted octanol–water partition coefficient (Wildman–Crippen LogP) is 2.41. The molecule has 6 nitrogen and oxygen atoms in total. The maximum absolute atomic E-state index is 12.4. The van der Waals surface area contributed by atoms with Gasteiger partial charge < -0.3 is 20.1 Å². The molecule has 1 fully saturated rings. The van der Waals surface area contributed by atoms with Crippen molar-refractivity contribution in [3.63, 3.8) is 0 Å². The lowest BCUT2D eigenvalue weighted by Crippen LogP contribution is -2.51. The lowest BCUT2D eigenvalue weighted by atomic mass is 9.70. The molecule has 1 saturated heterocycles. The molecule has 3 aromatic rings. The molecule has 0 aliphatic carbocycles. The molecular formula is C21H26Cl2N4O2. The van der Waals surface area contributed by atoms with E-state index in [4.69, 9.17) is 10.7 Å². The van der Waals surface area contributed by atoms with Crippen LogP contribution in [0, 0.1) is 0 Å². The van der Waals surface area contributed by atoms with Gasteiger partial charge in [-0.2, -0.15) is 0 Å². The van der Waals surface area contributed by atoms with Crippen LogP contribution < -0.4 is 5.73 Å². The fourth-order valence-electron chi connectivity index (χ4n) is 4.04. The highest BCUT2D eigenvalue weighted by atomic mass is 35.5. The number of nitrogens with zero attached hydrogens (tertiary/aromatic N) is 3. The Morgan fingerprint density at radius 3 is 2.38 bits per heavy atom. The second-order valence-electron chi connectivity index (χ2n) is 7.15. The standard InChI is InChI=1S/C21H24N4O2.2ClH/c22-17(15-26)20(27)24-12-9-21(10-13-24,16-6-2-1-3-7-16)18-14-25-11-5-4-8-19(25)23-18;;/h1-8,11,14,17,26H,9-10,12-13,15,22H2;2*1H/t17-;;/m0../s1. The lowest BCUT2D eigenvalue weighted by Gasteiger charge is -2.42. The Morgan fingerprint density at radius 2 is 1.76 bits per heavy atom. The van der Waals surface area contributed by atoms with Crippen LogP contribution in [0.1, 0.15) is 24.1 Å². The third-order valence-corrected chi connectivity index (χ3v) is 5.62. The van der Waals surface area contributed by atoms with Gasteiger partial charge >= 0.3 is 0 Å². The van der Waals surface area contributed by atoms with E-state index in [2.05, 4.69) is 18.3 Å². The number of hydrogen-bond acceptors (Lipinski definition) is 4. The van der Waals surface area contributed by atoms with Gasteiger partial charge in [-0.1, -0.05) is 36.4 Å². The normalized spacial score (nSPS) is 16.6. The number of aliphatic hydroxyl groups is 1. The first kappa shape index (κ1) is 23.2. The Bertz CT molecular complexity index is 907. The van der Waals surface area contributed by atoms with Crippen molar-refractivity contribution in [3.8, 4) is 0 Å². The number of benzene rings is 1. The van der Waals surface area contributed by atoms with Crippen molar-refractivity contribution < 1.29 is 9.90 Å². The van der Waals surface area contributed by atoms with E-state index in [0.29, 0.717) is 13.1 Å². The molecule has 0 radical (unpaired) electrons. The first-order valence-electron chi connectivity index (χ1n) is 9.29. The molecule has 2 aromatic heterocycles. The molecule has 0 saturated carbocycles. The van der Waals surface area contributed by atoms with E-state index in [1.807, 2.05) is 47.0 Å². The van der Waals surface area contributed by atoms with Crippen LogP contribution in [0.4, 0.5) is 0 Å². The first-order valence-corrected chi connectivity index (χ1v) is 9.29. The van der Waals surface area contributed by atoms with E-state index in [1.54, 1.807) is 4.90 Å². The van der Waals surface area contributed by atoms with Crippen molar-refractivity contribution in [1.82, 2.24) is 14.3 Å². The highest BCUT2D eigenvalue weighted by Gasteiger charge is 2.41. The quantitative estimate of drug-likeness (QED) is 0.657. The highest BCUT2D eigenvalue weighted by Crippen LogP contribution is 2.41. The minimum Gasteiger partial charge on any atom is -0.394 e. The number of carbonyl (C=O) groups excluding carboxylic acids is 1. The second-order valence-corrected chi connectivity index (χ2v) is 7.15. The van der Waals surface area contributed by atoms with Gasteiger partial charge in [0.1, 0.15) is 11.7 Å². The van der Waals surface area contributed by atoms with Crippen molar-refractivity contribution in [2.45, 2.75) is 24.3 Å². The van der Waals surface area contributed by atoms with E-state index in [0.717, 1.165) is 24.2 Å². The van der Waals surface area contributed by atoms with Gasteiger partial charge in [0.05, 0.1) is 12.3 Å². The molecule has 3 N–H and O–H groups in total. The fraction of sp³-hybridized carbons (Fsp3) is 0.333.